The normalized spacial score (nSPS) is 12.7. The maximum atomic E-state index is 9.15. The average molecular weight is 192 g/mol. The Kier molecular flexibility index (Phi) is 4.51. The monoisotopic (exact) mass is 192 g/mol. The zero-order valence-electron chi connectivity index (χ0n) is 9.16. The van der Waals surface area contributed by atoms with E-state index in [1.54, 1.807) is 12.1 Å². The molecule has 0 amide bonds. The number of aromatic hydroxyl groups is 1. The first-order chi connectivity index (χ1) is 6.76. The van der Waals surface area contributed by atoms with E-state index in [1.165, 1.54) is 24.8 Å². The van der Waals surface area contributed by atoms with Gasteiger partial charge < -0.3 is 5.11 Å². The molecule has 1 aromatic carbocycles. The molecule has 0 spiro atoms. The third-order valence-electron chi connectivity index (χ3n) is 2.73. The molecule has 1 atom stereocenters. The van der Waals surface area contributed by atoms with Crippen LogP contribution in [0.5, 0.6) is 5.75 Å². The van der Waals surface area contributed by atoms with Crippen molar-refractivity contribution in [2.45, 2.75) is 39.5 Å². The smallest absolute Gasteiger partial charge is 0.115 e. The molecule has 0 aliphatic heterocycles. The highest BCUT2D eigenvalue weighted by Gasteiger charge is 2.05. The van der Waals surface area contributed by atoms with Crippen molar-refractivity contribution >= 4 is 0 Å². The van der Waals surface area contributed by atoms with Gasteiger partial charge in [0.2, 0.25) is 0 Å². The van der Waals surface area contributed by atoms with Gasteiger partial charge in [-0.15, -0.1) is 0 Å². The minimum absolute atomic E-state index is 0.359. The summed E-state index contributed by atoms with van der Waals surface area (Å²) in [5, 5.41) is 9.15. The molecule has 0 heterocycles. The van der Waals surface area contributed by atoms with Crippen molar-refractivity contribution in [1.29, 1.82) is 0 Å². The van der Waals surface area contributed by atoms with Crippen LogP contribution in [0.2, 0.25) is 0 Å². The minimum Gasteiger partial charge on any atom is -0.508 e. The number of rotatable bonds is 5. The van der Waals surface area contributed by atoms with Gasteiger partial charge in [-0.05, 0) is 30.0 Å². The highest BCUT2D eigenvalue weighted by Crippen LogP contribution is 2.19. The summed E-state index contributed by atoms with van der Waals surface area (Å²) in [7, 11) is 0. The molecule has 1 heteroatoms. The second-order valence-corrected chi connectivity index (χ2v) is 3.93. The van der Waals surface area contributed by atoms with Gasteiger partial charge in [0.15, 0.2) is 0 Å². The third-order valence-corrected chi connectivity index (χ3v) is 2.73. The predicted octanol–water partition coefficient (Wildman–Crippen LogP) is 3.76. The van der Waals surface area contributed by atoms with Crippen molar-refractivity contribution in [2.24, 2.45) is 5.92 Å². The lowest BCUT2D eigenvalue weighted by molar-refractivity contribution is 0.459. The molecular formula is C13H20O. The van der Waals surface area contributed by atoms with Gasteiger partial charge in [-0.2, -0.15) is 0 Å². The Balaban J connectivity index is 2.53. The van der Waals surface area contributed by atoms with E-state index < -0.39 is 0 Å². The largest absolute Gasteiger partial charge is 0.508 e. The van der Waals surface area contributed by atoms with E-state index in [-0.39, 0.29) is 0 Å². The molecule has 0 aliphatic rings. The van der Waals surface area contributed by atoms with E-state index in [4.69, 9.17) is 5.11 Å². The Morgan fingerprint density at radius 3 is 2.29 bits per heavy atom. The van der Waals surface area contributed by atoms with Crippen LogP contribution in [0.25, 0.3) is 0 Å². The number of hydrogen-bond acceptors (Lipinski definition) is 1. The number of hydrogen-bond donors (Lipinski definition) is 1. The van der Waals surface area contributed by atoms with Crippen LogP contribution in [-0.2, 0) is 6.42 Å². The van der Waals surface area contributed by atoms with Crippen molar-refractivity contribution < 1.29 is 5.11 Å². The Morgan fingerprint density at radius 2 is 1.79 bits per heavy atom. The van der Waals surface area contributed by atoms with Gasteiger partial charge in [0.05, 0.1) is 0 Å². The molecule has 0 aliphatic carbocycles. The first-order valence-corrected chi connectivity index (χ1v) is 5.54. The summed E-state index contributed by atoms with van der Waals surface area (Å²) in [4.78, 5) is 0. The zero-order valence-corrected chi connectivity index (χ0v) is 9.16. The molecular weight excluding hydrogens is 172 g/mol. The molecule has 0 unspecified atom stereocenters. The van der Waals surface area contributed by atoms with Crippen LogP contribution in [-0.4, -0.2) is 5.11 Å². The molecule has 0 saturated carbocycles. The highest BCUT2D eigenvalue weighted by atomic mass is 16.3. The fourth-order valence-electron chi connectivity index (χ4n) is 1.82. The lowest BCUT2D eigenvalue weighted by Crippen LogP contribution is -2.02. The molecule has 14 heavy (non-hydrogen) atoms. The average Bonchev–Trinajstić information content (AvgIpc) is 2.20. The molecule has 1 nitrogen and oxygen atoms in total. The fourth-order valence-corrected chi connectivity index (χ4v) is 1.82. The van der Waals surface area contributed by atoms with Crippen molar-refractivity contribution in [2.75, 3.05) is 0 Å². The van der Waals surface area contributed by atoms with Crippen LogP contribution in [0.1, 0.15) is 38.7 Å². The summed E-state index contributed by atoms with van der Waals surface area (Å²) in [5.41, 5.74) is 1.34. The summed E-state index contributed by atoms with van der Waals surface area (Å²) in [6.07, 6.45) is 4.95. The summed E-state index contributed by atoms with van der Waals surface area (Å²) >= 11 is 0. The van der Waals surface area contributed by atoms with Gasteiger partial charge in [0.1, 0.15) is 5.75 Å². The SMILES string of the molecule is CCC[C@H](CC)Cc1ccc(O)cc1. The van der Waals surface area contributed by atoms with Crippen LogP contribution in [0.4, 0.5) is 0 Å². The summed E-state index contributed by atoms with van der Waals surface area (Å²) in [6.45, 7) is 4.49. The van der Waals surface area contributed by atoms with Crippen molar-refractivity contribution in [3.63, 3.8) is 0 Å². The molecule has 0 saturated heterocycles. The van der Waals surface area contributed by atoms with Crippen molar-refractivity contribution in [3.05, 3.63) is 29.8 Å². The first-order valence-electron chi connectivity index (χ1n) is 5.54. The maximum Gasteiger partial charge on any atom is 0.115 e. The lowest BCUT2D eigenvalue weighted by atomic mass is 9.93. The molecule has 0 aromatic heterocycles. The minimum atomic E-state index is 0.359. The van der Waals surface area contributed by atoms with Crippen LogP contribution < -0.4 is 0 Å². The third kappa shape index (κ3) is 3.41. The second-order valence-electron chi connectivity index (χ2n) is 3.93. The molecule has 0 bridgehead atoms. The van der Waals surface area contributed by atoms with E-state index in [9.17, 15) is 0 Å². The molecule has 0 fully saturated rings. The van der Waals surface area contributed by atoms with E-state index >= 15 is 0 Å². The van der Waals surface area contributed by atoms with E-state index in [0.717, 1.165) is 12.3 Å². The lowest BCUT2D eigenvalue weighted by Gasteiger charge is -2.13. The van der Waals surface area contributed by atoms with Crippen molar-refractivity contribution in [1.82, 2.24) is 0 Å². The van der Waals surface area contributed by atoms with Crippen molar-refractivity contribution in [3.8, 4) is 5.75 Å². The predicted molar refractivity (Wildman–Crippen MR) is 60.5 cm³/mol. The fraction of sp³-hybridized carbons (Fsp3) is 0.538. The Bertz CT molecular complexity index is 250. The van der Waals surface area contributed by atoms with Gasteiger partial charge in [-0.25, -0.2) is 0 Å². The Hall–Kier alpha value is -0.980. The molecule has 1 aromatic rings. The van der Waals surface area contributed by atoms with E-state index in [1.807, 2.05) is 12.1 Å². The van der Waals surface area contributed by atoms with E-state index in [2.05, 4.69) is 13.8 Å². The number of benzene rings is 1. The van der Waals surface area contributed by atoms with Gasteiger partial charge in [0.25, 0.3) is 0 Å². The quantitative estimate of drug-likeness (QED) is 0.753. The summed E-state index contributed by atoms with van der Waals surface area (Å²) in [5.74, 6) is 1.15. The van der Waals surface area contributed by atoms with Gasteiger partial charge in [-0.1, -0.05) is 45.2 Å². The van der Waals surface area contributed by atoms with Gasteiger partial charge >= 0.3 is 0 Å². The Morgan fingerprint density at radius 1 is 1.14 bits per heavy atom. The Labute approximate surface area is 86.8 Å². The van der Waals surface area contributed by atoms with Crippen LogP contribution in [0, 0.1) is 5.92 Å². The molecule has 1 rings (SSSR count). The van der Waals surface area contributed by atoms with Gasteiger partial charge in [-0.3, -0.25) is 0 Å². The van der Waals surface area contributed by atoms with Crippen LogP contribution in [0.15, 0.2) is 24.3 Å². The number of phenolic OH excluding ortho intramolecular Hbond substituents is 1. The summed E-state index contributed by atoms with van der Waals surface area (Å²) < 4.78 is 0. The number of phenols is 1. The molecule has 78 valence electrons. The highest BCUT2D eigenvalue weighted by molar-refractivity contribution is 5.26. The van der Waals surface area contributed by atoms with Crippen LogP contribution in [0.3, 0.4) is 0 Å². The second kappa shape index (κ2) is 5.69. The molecule has 0 radical (unpaired) electrons. The first kappa shape index (κ1) is 11.1. The van der Waals surface area contributed by atoms with E-state index in [0.29, 0.717) is 5.75 Å². The topological polar surface area (TPSA) is 20.2 Å². The maximum absolute atomic E-state index is 9.15. The van der Waals surface area contributed by atoms with Crippen LogP contribution >= 0.6 is 0 Å². The summed E-state index contributed by atoms with van der Waals surface area (Å²) in [6, 6.07) is 7.59. The van der Waals surface area contributed by atoms with Gasteiger partial charge in [0, 0.05) is 0 Å². The zero-order chi connectivity index (χ0) is 10.4. The standard InChI is InChI=1S/C13H20O/c1-3-5-11(4-2)10-12-6-8-13(14)9-7-12/h6-9,11,14H,3-5,10H2,1-2H3/t11-/m0/s1. The molecule has 1 N–H and O–H groups in total.